The van der Waals surface area contributed by atoms with Crippen LogP contribution in [0.1, 0.15) is 22.7 Å². The molecule has 0 saturated carbocycles. The molecule has 2 aromatic rings. The van der Waals surface area contributed by atoms with Crippen molar-refractivity contribution < 1.29 is 0 Å². The van der Waals surface area contributed by atoms with E-state index in [1.54, 1.807) is 0 Å². The Morgan fingerprint density at radius 1 is 1.06 bits per heavy atom. The molecule has 0 amide bonds. The van der Waals surface area contributed by atoms with E-state index in [2.05, 4.69) is 76.7 Å². The van der Waals surface area contributed by atoms with E-state index in [1.165, 1.54) is 16.7 Å². The van der Waals surface area contributed by atoms with Crippen LogP contribution in [0.5, 0.6) is 0 Å². The molecule has 2 aromatic carbocycles. The molecule has 0 aliphatic heterocycles. The van der Waals surface area contributed by atoms with Gasteiger partial charge in [-0.15, -0.1) is 0 Å². The van der Waals surface area contributed by atoms with Crippen molar-refractivity contribution in [1.82, 2.24) is 5.32 Å². The minimum absolute atomic E-state index is 0.368. The van der Waals surface area contributed by atoms with Crippen LogP contribution in [0.15, 0.2) is 53.0 Å². The fourth-order valence-electron chi connectivity index (χ4n) is 2.20. The Kier molecular flexibility index (Phi) is 4.56. The minimum atomic E-state index is 0.368. The molecule has 0 aliphatic carbocycles. The number of benzene rings is 2. The lowest BCUT2D eigenvalue weighted by molar-refractivity contribution is 0.589. The molecule has 0 fully saturated rings. The van der Waals surface area contributed by atoms with Gasteiger partial charge in [0.2, 0.25) is 0 Å². The monoisotopic (exact) mass is 303 g/mol. The molecule has 1 N–H and O–H groups in total. The van der Waals surface area contributed by atoms with Gasteiger partial charge in [-0.3, -0.25) is 0 Å². The zero-order valence-electron chi connectivity index (χ0n) is 10.8. The van der Waals surface area contributed by atoms with Crippen molar-refractivity contribution in [2.45, 2.75) is 19.4 Å². The van der Waals surface area contributed by atoms with Crippen molar-refractivity contribution >= 4 is 15.9 Å². The molecule has 18 heavy (non-hydrogen) atoms. The molecule has 0 saturated heterocycles. The number of aryl methyl sites for hydroxylation is 1. The molecule has 0 bridgehead atoms. The maximum Gasteiger partial charge on any atom is 0.0361 e. The van der Waals surface area contributed by atoms with Crippen LogP contribution in [-0.4, -0.2) is 7.05 Å². The van der Waals surface area contributed by atoms with Gasteiger partial charge in [0.05, 0.1) is 0 Å². The molecule has 94 valence electrons. The normalized spacial score (nSPS) is 12.4. The fourth-order valence-corrected chi connectivity index (χ4v) is 2.47. The van der Waals surface area contributed by atoms with Gasteiger partial charge in [0.1, 0.15) is 0 Å². The van der Waals surface area contributed by atoms with Crippen LogP contribution >= 0.6 is 15.9 Å². The molecule has 1 atom stereocenters. The van der Waals surface area contributed by atoms with Crippen molar-refractivity contribution in [2.24, 2.45) is 0 Å². The van der Waals surface area contributed by atoms with Crippen molar-refractivity contribution in [3.8, 4) is 0 Å². The lowest BCUT2D eigenvalue weighted by atomic mass is 9.95. The highest BCUT2D eigenvalue weighted by Gasteiger charge is 2.11. The van der Waals surface area contributed by atoms with Gasteiger partial charge in [-0.25, -0.2) is 0 Å². The van der Waals surface area contributed by atoms with Crippen LogP contribution in [0.3, 0.4) is 0 Å². The first-order valence-corrected chi connectivity index (χ1v) is 6.97. The first-order chi connectivity index (χ1) is 8.70. The average Bonchev–Trinajstić information content (AvgIpc) is 2.39. The second-order valence-corrected chi connectivity index (χ2v) is 5.44. The van der Waals surface area contributed by atoms with E-state index in [1.807, 2.05) is 7.05 Å². The van der Waals surface area contributed by atoms with Crippen LogP contribution in [0, 0.1) is 6.92 Å². The van der Waals surface area contributed by atoms with Gasteiger partial charge in [0, 0.05) is 10.5 Å². The quantitative estimate of drug-likeness (QED) is 0.890. The first-order valence-electron chi connectivity index (χ1n) is 6.18. The third-order valence-corrected chi connectivity index (χ3v) is 3.79. The summed E-state index contributed by atoms with van der Waals surface area (Å²) in [7, 11) is 2.02. The Bertz CT molecular complexity index is 505. The topological polar surface area (TPSA) is 12.0 Å². The van der Waals surface area contributed by atoms with E-state index in [4.69, 9.17) is 0 Å². The minimum Gasteiger partial charge on any atom is -0.313 e. The summed E-state index contributed by atoms with van der Waals surface area (Å²) in [5, 5.41) is 3.41. The Balaban J connectivity index is 2.20. The molecule has 2 rings (SSSR count). The standard InChI is InChI=1S/C16H18BrN/c1-12-5-3-4-6-15(12)16(18-2)11-13-7-9-14(17)10-8-13/h3-10,16,18H,11H2,1-2H3. The van der Waals surface area contributed by atoms with E-state index in [0.29, 0.717) is 6.04 Å². The number of likely N-dealkylation sites (N-methyl/N-ethyl adjacent to an activating group) is 1. The molecule has 0 aromatic heterocycles. The maximum atomic E-state index is 3.47. The number of nitrogens with one attached hydrogen (secondary N) is 1. The molecular formula is C16H18BrN. The average molecular weight is 304 g/mol. The van der Waals surface area contributed by atoms with Gasteiger partial charge in [-0.1, -0.05) is 52.3 Å². The highest BCUT2D eigenvalue weighted by molar-refractivity contribution is 9.10. The predicted octanol–water partition coefficient (Wildman–Crippen LogP) is 4.26. The van der Waals surface area contributed by atoms with Gasteiger partial charge in [0.15, 0.2) is 0 Å². The zero-order valence-corrected chi connectivity index (χ0v) is 12.4. The van der Waals surface area contributed by atoms with Crippen molar-refractivity contribution in [3.05, 3.63) is 69.7 Å². The van der Waals surface area contributed by atoms with E-state index >= 15 is 0 Å². The second kappa shape index (κ2) is 6.17. The highest BCUT2D eigenvalue weighted by atomic mass is 79.9. The molecule has 2 heteroatoms. The van der Waals surface area contributed by atoms with Gasteiger partial charge in [0.25, 0.3) is 0 Å². The largest absolute Gasteiger partial charge is 0.313 e. The summed E-state index contributed by atoms with van der Waals surface area (Å²) in [4.78, 5) is 0. The van der Waals surface area contributed by atoms with Gasteiger partial charge >= 0.3 is 0 Å². The van der Waals surface area contributed by atoms with Gasteiger partial charge < -0.3 is 5.32 Å². The van der Waals surface area contributed by atoms with Crippen LogP contribution in [-0.2, 0) is 6.42 Å². The Hall–Kier alpha value is -1.12. The summed E-state index contributed by atoms with van der Waals surface area (Å²) < 4.78 is 1.13. The summed E-state index contributed by atoms with van der Waals surface area (Å²) in [6.07, 6.45) is 1.01. The van der Waals surface area contributed by atoms with E-state index in [-0.39, 0.29) is 0 Å². The number of hydrogen-bond donors (Lipinski definition) is 1. The zero-order chi connectivity index (χ0) is 13.0. The third kappa shape index (κ3) is 3.21. The molecule has 0 radical (unpaired) electrons. The summed E-state index contributed by atoms with van der Waals surface area (Å²) in [5.74, 6) is 0. The van der Waals surface area contributed by atoms with Gasteiger partial charge in [-0.05, 0) is 49.2 Å². The number of rotatable bonds is 4. The summed E-state index contributed by atoms with van der Waals surface area (Å²) >= 11 is 3.47. The third-order valence-electron chi connectivity index (χ3n) is 3.27. The molecule has 0 spiro atoms. The van der Waals surface area contributed by atoms with E-state index in [0.717, 1.165) is 10.9 Å². The van der Waals surface area contributed by atoms with Crippen LogP contribution < -0.4 is 5.32 Å². The van der Waals surface area contributed by atoms with Gasteiger partial charge in [-0.2, -0.15) is 0 Å². The van der Waals surface area contributed by atoms with Crippen molar-refractivity contribution in [3.63, 3.8) is 0 Å². The fraction of sp³-hybridized carbons (Fsp3) is 0.250. The van der Waals surface area contributed by atoms with Crippen LogP contribution in [0.4, 0.5) is 0 Å². The molecular weight excluding hydrogens is 286 g/mol. The SMILES string of the molecule is CNC(Cc1ccc(Br)cc1)c1ccccc1C. The lowest BCUT2D eigenvalue weighted by Crippen LogP contribution is -2.19. The van der Waals surface area contributed by atoms with E-state index < -0.39 is 0 Å². The second-order valence-electron chi connectivity index (χ2n) is 4.53. The van der Waals surface area contributed by atoms with Crippen LogP contribution in [0.2, 0.25) is 0 Å². The summed E-state index contributed by atoms with van der Waals surface area (Å²) in [6.45, 7) is 2.17. The van der Waals surface area contributed by atoms with Crippen LogP contribution in [0.25, 0.3) is 0 Å². The molecule has 1 nitrogen and oxygen atoms in total. The molecule has 0 heterocycles. The summed E-state index contributed by atoms with van der Waals surface area (Å²) in [6, 6.07) is 17.5. The van der Waals surface area contributed by atoms with Crippen molar-refractivity contribution in [2.75, 3.05) is 7.05 Å². The Morgan fingerprint density at radius 2 is 1.72 bits per heavy atom. The number of hydrogen-bond acceptors (Lipinski definition) is 1. The highest BCUT2D eigenvalue weighted by Crippen LogP contribution is 2.22. The van der Waals surface area contributed by atoms with Crippen molar-refractivity contribution in [1.29, 1.82) is 0 Å². The first kappa shape index (κ1) is 13.3. The Labute approximate surface area is 117 Å². The molecule has 0 aliphatic rings. The Morgan fingerprint density at radius 3 is 2.33 bits per heavy atom. The van der Waals surface area contributed by atoms with E-state index in [9.17, 15) is 0 Å². The predicted molar refractivity (Wildman–Crippen MR) is 80.8 cm³/mol. The molecule has 1 unspecified atom stereocenters. The smallest absolute Gasteiger partial charge is 0.0361 e. The maximum absolute atomic E-state index is 3.47. The summed E-state index contributed by atoms with van der Waals surface area (Å²) in [5.41, 5.74) is 4.07. The lowest BCUT2D eigenvalue weighted by Gasteiger charge is -2.19. The number of halogens is 1.